The lowest BCUT2D eigenvalue weighted by molar-refractivity contribution is -0.384. The maximum Gasteiger partial charge on any atom is 0.269 e. The second-order valence-electron chi connectivity index (χ2n) is 3.49. The highest BCUT2D eigenvalue weighted by Gasteiger charge is 2.10. The van der Waals surface area contributed by atoms with Crippen LogP contribution in [0.15, 0.2) is 36.7 Å². The van der Waals surface area contributed by atoms with Crippen molar-refractivity contribution in [2.45, 2.75) is 0 Å². The molecule has 7 nitrogen and oxygen atoms in total. The summed E-state index contributed by atoms with van der Waals surface area (Å²) in [6.45, 7) is 0. The highest BCUT2D eigenvalue weighted by atomic mass is 35.5. The molecule has 96 valence electrons. The van der Waals surface area contributed by atoms with E-state index in [4.69, 9.17) is 11.6 Å². The lowest BCUT2D eigenvalue weighted by Crippen LogP contribution is -2.13. The predicted molar refractivity (Wildman–Crippen MR) is 68.1 cm³/mol. The van der Waals surface area contributed by atoms with Gasteiger partial charge in [-0.3, -0.25) is 19.9 Å². The molecule has 0 aliphatic heterocycles. The van der Waals surface area contributed by atoms with Gasteiger partial charge in [-0.25, -0.2) is 4.98 Å². The molecule has 8 heteroatoms. The highest BCUT2D eigenvalue weighted by Crippen LogP contribution is 2.13. The van der Waals surface area contributed by atoms with Gasteiger partial charge >= 0.3 is 0 Å². The van der Waals surface area contributed by atoms with Crippen LogP contribution < -0.4 is 5.32 Å². The maximum atomic E-state index is 11.8. The van der Waals surface area contributed by atoms with Crippen LogP contribution >= 0.6 is 11.6 Å². The van der Waals surface area contributed by atoms with Gasteiger partial charge in [0.25, 0.3) is 11.6 Å². The molecule has 1 aromatic heterocycles. The molecule has 0 radical (unpaired) electrons. The predicted octanol–water partition coefficient (Wildman–Crippen LogP) is 2.29. The van der Waals surface area contributed by atoms with Crippen molar-refractivity contribution >= 4 is 29.0 Å². The summed E-state index contributed by atoms with van der Waals surface area (Å²) in [6.07, 6.45) is 2.68. The van der Waals surface area contributed by atoms with E-state index in [9.17, 15) is 14.9 Å². The molecule has 19 heavy (non-hydrogen) atoms. The number of anilines is 1. The van der Waals surface area contributed by atoms with E-state index in [-0.39, 0.29) is 22.2 Å². The van der Waals surface area contributed by atoms with Crippen LogP contribution in [0.5, 0.6) is 0 Å². The third-order valence-corrected chi connectivity index (χ3v) is 2.37. The largest absolute Gasteiger partial charge is 0.305 e. The van der Waals surface area contributed by atoms with Gasteiger partial charge < -0.3 is 5.32 Å². The number of carbonyl (C=O) groups excluding carboxylic acids is 1. The minimum absolute atomic E-state index is 0.0842. The Morgan fingerprint density at radius 1 is 1.26 bits per heavy atom. The quantitative estimate of drug-likeness (QED) is 0.686. The number of non-ortho nitro benzene ring substituents is 1. The fraction of sp³-hybridized carbons (Fsp3) is 0. The summed E-state index contributed by atoms with van der Waals surface area (Å²) in [5, 5.41) is 13.1. The zero-order valence-corrected chi connectivity index (χ0v) is 10.2. The number of rotatable bonds is 3. The monoisotopic (exact) mass is 278 g/mol. The van der Waals surface area contributed by atoms with E-state index in [1.54, 1.807) is 0 Å². The number of carbonyl (C=O) groups is 1. The van der Waals surface area contributed by atoms with E-state index in [1.165, 1.54) is 36.7 Å². The van der Waals surface area contributed by atoms with Crippen LogP contribution in [0.2, 0.25) is 5.15 Å². The molecular weight excluding hydrogens is 272 g/mol. The Hall–Kier alpha value is -2.54. The zero-order valence-electron chi connectivity index (χ0n) is 9.41. The molecule has 2 rings (SSSR count). The van der Waals surface area contributed by atoms with Crippen LogP contribution in [-0.2, 0) is 0 Å². The number of nitrogens with zero attached hydrogens (tertiary/aromatic N) is 3. The number of nitro benzene ring substituents is 1. The third-order valence-electron chi connectivity index (χ3n) is 2.19. The number of amides is 1. The molecule has 1 N–H and O–H groups in total. The lowest BCUT2D eigenvalue weighted by atomic mass is 10.2. The van der Waals surface area contributed by atoms with E-state index in [1.807, 2.05) is 0 Å². The number of aromatic nitrogens is 2. The summed E-state index contributed by atoms with van der Waals surface area (Å²) in [5.74, 6) is -0.248. The average molecular weight is 279 g/mol. The van der Waals surface area contributed by atoms with Crippen molar-refractivity contribution in [2.24, 2.45) is 0 Å². The van der Waals surface area contributed by atoms with E-state index >= 15 is 0 Å². The fourth-order valence-corrected chi connectivity index (χ4v) is 1.47. The van der Waals surface area contributed by atoms with Gasteiger partial charge in [-0.2, -0.15) is 0 Å². The van der Waals surface area contributed by atoms with Gasteiger partial charge in [-0.1, -0.05) is 11.6 Å². The van der Waals surface area contributed by atoms with Crippen LogP contribution in [0.1, 0.15) is 10.4 Å². The van der Waals surface area contributed by atoms with E-state index in [0.717, 1.165) is 0 Å². The topological polar surface area (TPSA) is 98.0 Å². The second-order valence-corrected chi connectivity index (χ2v) is 3.87. The molecule has 2 aromatic rings. The fourth-order valence-electron chi connectivity index (χ4n) is 1.33. The first-order chi connectivity index (χ1) is 9.06. The SMILES string of the molecule is O=C(Nc1cncc(Cl)n1)c1ccc([N+](=O)[O-])cc1. The Labute approximate surface area is 112 Å². The minimum Gasteiger partial charge on any atom is -0.305 e. The van der Waals surface area contributed by atoms with Crippen LogP contribution in [0.25, 0.3) is 0 Å². The van der Waals surface area contributed by atoms with Crippen molar-refractivity contribution in [1.82, 2.24) is 9.97 Å². The summed E-state index contributed by atoms with van der Waals surface area (Å²) >= 11 is 5.63. The Bertz CT molecular complexity index is 630. The molecular formula is C11H7ClN4O3. The number of nitro groups is 1. The molecule has 0 saturated carbocycles. The number of nitrogens with one attached hydrogen (secondary N) is 1. The van der Waals surface area contributed by atoms with E-state index < -0.39 is 10.8 Å². The maximum absolute atomic E-state index is 11.8. The molecule has 0 spiro atoms. The molecule has 1 aromatic carbocycles. The van der Waals surface area contributed by atoms with Gasteiger partial charge in [-0.05, 0) is 12.1 Å². The van der Waals surface area contributed by atoms with Crippen LogP contribution in [0, 0.1) is 10.1 Å². The van der Waals surface area contributed by atoms with Gasteiger partial charge in [0.1, 0.15) is 5.15 Å². The second kappa shape index (κ2) is 5.40. The summed E-state index contributed by atoms with van der Waals surface area (Å²) in [7, 11) is 0. The number of halogens is 1. The van der Waals surface area contributed by atoms with Crippen molar-refractivity contribution in [2.75, 3.05) is 5.32 Å². The Morgan fingerprint density at radius 3 is 2.53 bits per heavy atom. The molecule has 0 atom stereocenters. The van der Waals surface area contributed by atoms with Crippen molar-refractivity contribution in [1.29, 1.82) is 0 Å². The van der Waals surface area contributed by atoms with Crippen molar-refractivity contribution in [3.05, 3.63) is 57.5 Å². The molecule has 1 heterocycles. The molecule has 1 amide bonds. The highest BCUT2D eigenvalue weighted by molar-refractivity contribution is 6.29. The van der Waals surface area contributed by atoms with E-state index in [2.05, 4.69) is 15.3 Å². The summed E-state index contributed by atoms with van der Waals surface area (Å²) < 4.78 is 0. The van der Waals surface area contributed by atoms with E-state index in [0.29, 0.717) is 0 Å². The Morgan fingerprint density at radius 2 is 1.95 bits per heavy atom. The van der Waals surface area contributed by atoms with Crippen molar-refractivity contribution in [3.8, 4) is 0 Å². The average Bonchev–Trinajstić information content (AvgIpc) is 2.39. The molecule has 0 aliphatic rings. The molecule has 0 fully saturated rings. The van der Waals surface area contributed by atoms with Crippen LogP contribution in [0.4, 0.5) is 11.5 Å². The van der Waals surface area contributed by atoms with Crippen LogP contribution in [-0.4, -0.2) is 20.8 Å². The Balaban J connectivity index is 2.14. The Kier molecular flexibility index (Phi) is 3.67. The number of benzene rings is 1. The number of hydrogen-bond donors (Lipinski definition) is 1. The zero-order chi connectivity index (χ0) is 13.8. The molecule has 0 bridgehead atoms. The van der Waals surface area contributed by atoms with Crippen molar-refractivity contribution < 1.29 is 9.72 Å². The third kappa shape index (κ3) is 3.23. The first-order valence-electron chi connectivity index (χ1n) is 5.09. The van der Waals surface area contributed by atoms with Crippen LogP contribution in [0.3, 0.4) is 0 Å². The summed E-state index contributed by atoms with van der Waals surface area (Å²) in [5.41, 5.74) is 0.187. The standard InChI is InChI=1S/C11H7ClN4O3/c12-9-5-13-6-10(14-9)15-11(17)7-1-3-8(4-2-7)16(18)19/h1-6H,(H,14,15,17). The van der Waals surface area contributed by atoms with Gasteiger partial charge in [-0.15, -0.1) is 0 Å². The summed E-state index contributed by atoms with van der Waals surface area (Å²) in [6, 6.07) is 5.20. The molecule has 0 saturated heterocycles. The minimum atomic E-state index is -0.538. The first-order valence-corrected chi connectivity index (χ1v) is 5.47. The number of hydrogen-bond acceptors (Lipinski definition) is 5. The molecule has 0 aliphatic carbocycles. The van der Waals surface area contributed by atoms with Gasteiger partial charge in [0.15, 0.2) is 5.82 Å². The normalized spacial score (nSPS) is 9.95. The van der Waals surface area contributed by atoms with Gasteiger partial charge in [0, 0.05) is 17.7 Å². The van der Waals surface area contributed by atoms with Gasteiger partial charge in [0.2, 0.25) is 0 Å². The molecule has 0 unspecified atom stereocenters. The summed E-state index contributed by atoms with van der Waals surface area (Å²) in [4.78, 5) is 29.4. The first kappa shape index (κ1) is 12.9. The van der Waals surface area contributed by atoms with Crippen molar-refractivity contribution in [3.63, 3.8) is 0 Å². The smallest absolute Gasteiger partial charge is 0.269 e. The van der Waals surface area contributed by atoms with Gasteiger partial charge in [0.05, 0.1) is 17.3 Å². The lowest BCUT2D eigenvalue weighted by Gasteiger charge is -2.03.